The van der Waals surface area contributed by atoms with Gasteiger partial charge in [0.15, 0.2) is 0 Å². The summed E-state index contributed by atoms with van der Waals surface area (Å²) in [6, 6.07) is 8.43. The summed E-state index contributed by atoms with van der Waals surface area (Å²) < 4.78 is 0. The van der Waals surface area contributed by atoms with Crippen molar-refractivity contribution >= 4 is 5.78 Å². The zero-order chi connectivity index (χ0) is 11.4. The van der Waals surface area contributed by atoms with Crippen LogP contribution in [-0.4, -0.2) is 5.78 Å². The van der Waals surface area contributed by atoms with Crippen molar-refractivity contribution in [2.45, 2.75) is 32.6 Å². The van der Waals surface area contributed by atoms with Crippen LogP contribution in [0.2, 0.25) is 0 Å². The Morgan fingerprint density at radius 1 is 1.38 bits per heavy atom. The molecular formula is C15H16O. The van der Waals surface area contributed by atoms with Crippen molar-refractivity contribution in [3.8, 4) is 11.8 Å². The molecule has 1 unspecified atom stereocenters. The molecule has 0 bridgehead atoms. The molecule has 0 fully saturated rings. The molecule has 0 aromatic heterocycles. The quantitative estimate of drug-likeness (QED) is 0.689. The summed E-state index contributed by atoms with van der Waals surface area (Å²) in [4.78, 5) is 11.9. The third kappa shape index (κ3) is 2.33. The Bertz CT molecular complexity index is 448. The third-order valence-electron chi connectivity index (χ3n) is 3.24. The number of hydrogen-bond donors (Lipinski definition) is 0. The molecule has 0 saturated heterocycles. The van der Waals surface area contributed by atoms with Gasteiger partial charge in [-0.25, -0.2) is 0 Å². The van der Waals surface area contributed by atoms with Gasteiger partial charge >= 0.3 is 0 Å². The Labute approximate surface area is 96.9 Å². The fourth-order valence-corrected chi connectivity index (χ4v) is 2.29. The molecule has 0 radical (unpaired) electrons. The molecule has 0 N–H and O–H groups in total. The number of rotatable bonds is 2. The van der Waals surface area contributed by atoms with E-state index in [1.165, 1.54) is 11.1 Å². The first-order valence-corrected chi connectivity index (χ1v) is 5.80. The SMILES string of the molecule is CC#CCC(=O)C1CCc2ccccc2C1. The lowest BCUT2D eigenvalue weighted by Gasteiger charge is -2.22. The number of aryl methyl sites for hydroxylation is 1. The van der Waals surface area contributed by atoms with Gasteiger partial charge in [0.05, 0.1) is 6.42 Å². The van der Waals surface area contributed by atoms with E-state index in [2.05, 4.69) is 36.1 Å². The normalized spacial score (nSPS) is 18.2. The molecule has 1 aliphatic carbocycles. The predicted octanol–water partition coefficient (Wildman–Crippen LogP) is 2.77. The van der Waals surface area contributed by atoms with E-state index in [1.54, 1.807) is 6.92 Å². The molecular weight excluding hydrogens is 196 g/mol. The topological polar surface area (TPSA) is 17.1 Å². The van der Waals surface area contributed by atoms with Crippen molar-refractivity contribution in [3.05, 3.63) is 35.4 Å². The van der Waals surface area contributed by atoms with Crippen molar-refractivity contribution < 1.29 is 4.79 Å². The Balaban J connectivity index is 2.07. The molecule has 1 aliphatic rings. The standard InChI is InChI=1S/C15H16O/c1-2-3-8-15(16)14-10-9-12-6-4-5-7-13(12)11-14/h4-7,14H,8-11H2,1H3. The molecule has 0 heterocycles. The zero-order valence-electron chi connectivity index (χ0n) is 9.62. The van der Waals surface area contributed by atoms with Gasteiger partial charge in [0.2, 0.25) is 0 Å². The number of carbonyl (C=O) groups excluding carboxylic acids is 1. The Kier molecular flexibility index (Phi) is 3.41. The van der Waals surface area contributed by atoms with Gasteiger partial charge in [-0.3, -0.25) is 4.79 Å². The van der Waals surface area contributed by atoms with Crippen LogP contribution in [0.3, 0.4) is 0 Å². The lowest BCUT2D eigenvalue weighted by atomic mass is 9.81. The summed E-state index contributed by atoms with van der Waals surface area (Å²) in [7, 11) is 0. The van der Waals surface area contributed by atoms with Gasteiger partial charge in [-0.05, 0) is 37.3 Å². The lowest BCUT2D eigenvalue weighted by Crippen LogP contribution is -2.22. The summed E-state index contributed by atoms with van der Waals surface area (Å²) in [5.74, 6) is 6.16. The van der Waals surface area contributed by atoms with E-state index in [1.807, 2.05) is 0 Å². The molecule has 1 atom stereocenters. The Morgan fingerprint density at radius 3 is 2.88 bits per heavy atom. The zero-order valence-corrected chi connectivity index (χ0v) is 9.62. The highest BCUT2D eigenvalue weighted by atomic mass is 16.1. The first-order valence-electron chi connectivity index (χ1n) is 5.80. The fourth-order valence-electron chi connectivity index (χ4n) is 2.29. The van der Waals surface area contributed by atoms with E-state index >= 15 is 0 Å². The van der Waals surface area contributed by atoms with Crippen molar-refractivity contribution in [2.75, 3.05) is 0 Å². The van der Waals surface area contributed by atoms with Crippen LogP contribution in [0.4, 0.5) is 0 Å². The average Bonchev–Trinajstić information content (AvgIpc) is 2.35. The minimum Gasteiger partial charge on any atom is -0.298 e. The molecule has 1 aromatic rings. The van der Waals surface area contributed by atoms with Crippen LogP contribution in [0, 0.1) is 17.8 Å². The molecule has 0 saturated carbocycles. The summed E-state index contributed by atoms with van der Waals surface area (Å²) in [6.07, 6.45) is 3.34. The molecule has 2 rings (SSSR count). The maximum atomic E-state index is 11.9. The van der Waals surface area contributed by atoms with Crippen molar-refractivity contribution in [3.63, 3.8) is 0 Å². The van der Waals surface area contributed by atoms with E-state index < -0.39 is 0 Å². The van der Waals surface area contributed by atoms with Gasteiger partial charge in [-0.1, -0.05) is 30.2 Å². The molecule has 0 spiro atoms. The highest BCUT2D eigenvalue weighted by molar-refractivity contribution is 5.83. The number of Topliss-reactive ketones (excluding diaryl/α,β-unsaturated/α-hetero) is 1. The van der Waals surface area contributed by atoms with E-state index in [0.29, 0.717) is 12.2 Å². The second kappa shape index (κ2) is 4.99. The van der Waals surface area contributed by atoms with Crippen LogP contribution in [0.15, 0.2) is 24.3 Å². The van der Waals surface area contributed by atoms with E-state index in [-0.39, 0.29) is 5.92 Å². The summed E-state index contributed by atoms with van der Waals surface area (Å²) >= 11 is 0. The molecule has 1 heteroatoms. The second-order valence-corrected chi connectivity index (χ2v) is 4.28. The maximum absolute atomic E-state index is 11.9. The highest BCUT2D eigenvalue weighted by Gasteiger charge is 2.23. The van der Waals surface area contributed by atoms with Crippen LogP contribution in [0.25, 0.3) is 0 Å². The summed E-state index contributed by atoms with van der Waals surface area (Å²) in [5, 5.41) is 0. The fraction of sp³-hybridized carbons (Fsp3) is 0.400. The summed E-state index contributed by atoms with van der Waals surface area (Å²) in [6.45, 7) is 1.78. The predicted molar refractivity (Wildman–Crippen MR) is 65.0 cm³/mol. The minimum absolute atomic E-state index is 0.191. The van der Waals surface area contributed by atoms with E-state index in [4.69, 9.17) is 0 Å². The van der Waals surface area contributed by atoms with Gasteiger partial charge in [0, 0.05) is 5.92 Å². The highest BCUT2D eigenvalue weighted by Crippen LogP contribution is 2.26. The lowest BCUT2D eigenvalue weighted by molar-refractivity contribution is -0.122. The first kappa shape index (κ1) is 11.0. The number of hydrogen-bond acceptors (Lipinski definition) is 1. The van der Waals surface area contributed by atoms with Crippen LogP contribution in [-0.2, 0) is 17.6 Å². The van der Waals surface area contributed by atoms with Crippen LogP contribution in [0.5, 0.6) is 0 Å². The van der Waals surface area contributed by atoms with Crippen molar-refractivity contribution in [1.29, 1.82) is 0 Å². The van der Waals surface area contributed by atoms with Crippen molar-refractivity contribution in [2.24, 2.45) is 5.92 Å². The van der Waals surface area contributed by atoms with Crippen LogP contribution >= 0.6 is 0 Å². The van der Waals surface area contributed by atoms with Crippen LogP contribution < -0.4 is 0 Å². The van der Waals surface area contributed by atoms with Gasteiger partial charge in [-0.2, -0.15) is 0 Å². The first-order chi connectivity index (χ1) is 7.81. The Morgan fingerprint density at radius 2 is 2.12 bits per heavy atom. The van der Waals surface area contributed by atoms with E-state index in [0.717, 1.165) is 19.3 Å². The largest absolute Gasteiger partial charge is 0.298 e. The average molecular weight is 212 g/mol. The third-order valence-corrected chi connectivity index (χ3v) is 3.24. The number of benzene rings is 1. The van der Waals surface area contributed by atoms with Gasteiger partial charge < -0.3 is 0 Å². The number of carbonyl (C=O) groups is 1. The monoisotopic (exact) mass is 212 g/mol. The van der Waals surface area contributed by atoms with Gasteiger partial charge in [-0.15, -0.1) is 5.92 Å². The second-order valence-electron chi connectivity index (χ2n) is 4.28. The van der Waals surface area contributed by atoms with Gasteiger partial charge in [0.1, 0.15) is 5.78 Å². The molecule has 0 aliphatic heterocycles. The molecule has 82 valence electrons. The molecule has 1 aromatic carbocycles. The van der Waals surface area contributed by atoms with E-state index in [9.17, 15) is 4.79 Å². The summed E-state index contributed by atoms with van der Waals surface area (Å²) in [5.41, 5.74) is 2.75. The smallest absolute Gasteiger partial charge is 0.148 e. The number of ketones is 1. The molecule has 0 amide bonds. The van der Waals surface area contributed by atoms with Crippen molar-refractivity contribution in [1.82, 2.24) is 0 Å². The van der Waals surface area contributed by atoms with Crippen LogP contribution in [0.1, 0.15) is 30.9 Å². The minimum atomic E-state index is 0.191. The van der Waals surface area contributed by atoms with Gasteiger partial charge in [0.25, 0.3) is 0 Å². The number of fused-ring (bicyclic) bond motifs is 1. The molecule has 1 nitrogen and oxygen atoms in total. The maximum Gasteiger partial charge on any atom is 0.148 e. The Hall–Kier alpha value is -1.55. The molecule has 16 heavy (non-hydrogen) atoms.